The number of nitrogens with zero attached hydrogens (tertiary/aromatic N) is 3. The summed E-state index contributed by atoms with van der Waals surface area (Å²) >= 11 is 5.85. The predicted octanol–water partition coefficient (Wildman–Crippen LogP) is 3.21. The third-order valence-corrected chi connectivity index (χ3v) is 2.57. The van der Waals surface area contributed by atoms with Gasteiger partial charge >= 0.3 is 0 Å². The van der Waals surface area contributed by atoms with Crippen molar-refractivity contribution in [2.45, 2.75) is 32.9 Å². The van der Waals surface area contributed by atoms with E-state index in [0.717, 1.165) is 5.69 Å². The second kappa shape index (κ2) is 6.15. The van der Waals surface area contributed by atoms with E-state index in [9.17, 15) is 0 Å². The highest BCUT2D eigenvalue weighted by atomic mass is 35.5. The van der Waals surface area contributed by atoms with Crippen molar-refractivity contribution in [2.75, 3.05) is 0 Å². The number of pyridine rings is 1. The van der Waals surface area contributed by atoms with E-state index in [1.807, 2.05) is 0 Å². The molecule has 2 rings (SSSR count). The zero-order chi connectivity index (χ0) is 14.6. The van der Waals surface area contributed by atoms with Crippen LogP contribution in [-0.2, 0) is 6.54 Å². The Hall–Kier alpha value is -1.72. The van der Waals surface area contributed by atoms with Crippen LogP contribution in [0.4, 0.5) is 0 Å². The Morgan fingerprint density at radius 1 is 1.15 bits per heavy atom. The average molecular weight is 293 g/mol. The second-order valence-corrected chi connectivity index (χ2v) is 5.83. The van der Waals surface area contributed by atoms with E-state index in [1.165, 1.54) is 0 Å². The first kappa shape index (κ1) is 14.7. The normalized spacial score (nSPS) is 11.4. The number of aromatic nitrogens is 3. The van der Waals surface area contributed by atoms with Crippen LogP contribution < -0.4 is 10.1 Å². The molecule has 6 heteroatoms. The van der Waals surface area contributed by atoms with Crippen LogP contribution in [0, 0.1) is 0 Å². The number of hydrogen-bond donors (Lipinski definition) is 1. The highest BCUT2D eigenvalue weighted by Crippen LogP contribution is 2.20. The number of halogens is 1. The lowest BCUT2D eigenvalue weighted by Crippen LogP contribution is -2.35. The molecule has 0 aliphatic heterocycles. The van der Waals surface area contributed by atoms with Gasteiger partial charge in [0.05, 0.1) is 23.1 Å². The summed E-state index contributed by atoms with van der Waals surface area (Å²) in [5, 5.41) is 3.86. The molecule has 2 aromatic heterocycles. The maximum absolute atomic E-state index is 5.85. The van der Waals surface area contributed by atoms with Gasteiger partial charge in [-0.25, -0.2) is 4.98 Å². The van der Waals surface area contributed by atoms with E-state index in [0.29, 0.717) is 23.2 Å². The minimum Gasteiger partial charge on any atom is -0.436 e. The van der Waals surface area contributed by atoms with Gasteiger partial charge in [-0.1, -0.05) is 11.6 Å². The molecule has 0 saturated heterocycles. The Labute approximate surface area is 123 Å². The van der Waals surface area contributed by atoms with Gasteiger partial charge in [0.2, 0.25) is 5.88 Å². The van der Waals surface area contributed by atoms with Crippen LogP contribution in [0.3, 0.4) is 0 Å². The van der Waals surface area contributed by atoms with E-state index >= 15 is 0 Å². The van der Waals surface area contributed by atoms with Gasteiger partial charge in [0, 0.05) is 30.5 Å². The van der Waals surface area contributed by atoms with E-state index in [-0.39, 0.29) is 5.54 Å². The molecule has 0 spiro atoms. The Bertz CT molecular complexity index is 583. The molecule has 0 aromatic carbocycles. The van der Waals surface area contributed by atoms with Crippen LogP contribution >= 0.6 is 11.6 Å². The molecule has 1 N–H and O–H groups in total. The molecule has 0 unspecified atom stereocenters. The highest BCUT2D eigenvalue weighted by molar-refractivity contribution is 6.30. The van der Waals surface area contributed by atoms with Crippen LogP contribution in [0.2, 0.25) is 5.02 Å². The smallest absolute Gasteiger partial charge is 0.238 e. The van der Waals surface area contributed by atoms with Crippen LogP contribution in [0.1, 0.15) is 26.5 Å². The lowest BCUT2D eigenvalue weighted by atomic mass is 10.1. The first-order valence-corrected chi connectivity index (χ1v) is 6.64. The molecule has 0 aliphatic rings. The van der Waals surface area contributed by atoms with Crippen molar-refractivity contribution in [1.29, 1.82) is 0 Å². The number of hydrogen-bond acceptors (Lipinski definition) is 5. The Morgan fingerprint density at radius 2 is 1.90 bits per heavy atom. The van der Waals surface area contributed by atoms with Gasteiger partial charge in [0.25, 0.3) is 0 Å². The first-order valence-electron chi connectivity index (χ1n) is 6.27. The molecule has 20 heavy (non-hydrogen) atoms. The molecule has 0 radical (unpaired) electrons. The minimum absolute atomic E-state index is 0.0232. The molecule has 0 aliphatic carbocycles. The molecule has 2 aromatic rings. The van der Waals surface area contributed by atoms with Gasteiger partial charge in [0.15, 0.2) is 0 Å². The molecular weight excluding hydrogens is 276 g/mol. The summed E-state index contributed by atoms with van der Waals surface area (Å²) in [7, 11) is 0. The molecule has 0 atom stereocenters. The number of rotatable bonds is 4. The fraction of sp³-hybridized carbons (Fsp3) is 0.357. The zero-order valence-electron chi connectivity index (χ0n) is 11.7. The molecule has 2 heterocycles. The largest absolute Gasteiger partial charge is 0.436 e. The van der Waals surface area contributed by atoms with Crippen molar-refractivity contribution in [2.24, 2.45) is 0 Å². The SMILES string of the molecule is CC(C)(C)NCc1cncc(Oc2cncc(Cl)c2)n1. The van der Waals surface area contributed by atoms with Gasteiger partial charge in [-0.3, -0.25) is 9.97 Å². The van der Waals surface area contributed by atoms with Crippen molar-refractivity contribution < 1.29 is 4.74 Å². The topological polar surface area (TPSA) is 59.9 Å². The Morgan fingerprint density at radius 3 is 2.60 bits per heavy atom. The lowest BCUT2D eigenvalue weighted by molar-refractivity contribution is 0.414. The van der Waals surface area contributed by atoms with Crippen molar-refractivity contribution in [1.82, 2.24) is 20.3 Å². The average Bonchev–Trinajstić information content (AvgIpc) is 2.36. The van der Waals surface area contributed by atoms with Gasteiger partial charge < -0.3 is 10.1 Å². The third-order valence-electron chi connectivity index (χ3n) is 2.36. The zero-order valence-corrected chi connectivity index (χ0v) is 12.5. The number of nitrogens with one attached hydrogen (secondary N) is 1. The predicted molar refractivity (Wildman–Crippen MR) is 77.9 cm³/mol. The van der Waals surface area contributed by atoms with Crippen LogP contribution in [0.5, 0.6) is 11.6 Å². The summed E-state index contributed by atoms with van der Waals surface area (Å²) in [6, 6.07) is 1.68. The van der Waals surface area contributed by atoms with E-state index in [4.69, 9.17) is 16.3 Å². The first-order chi connectivity index (χ1) is 9.42. The maximum atomic E-state index is 5.85. The summed E-state index contributed by atoms with van der Waals surface area (Å²) in [6.45, 7) is 6.91. The van der Waals surface area contributed by atoms with Crippen molar-refractivity contribution in [3.05, 3.63) is 41.6 Å². The van der Waals surface area contributed by atoms with E-state index < -0.39 is 0 Å². The summed E-state index contributed by atoms with van der Waals surface area (Å²) in [4.78, 5) is 12.5. The molecular formula is C14H17ClN4O. The number of ether oxygens (including phenoxy) is 1. The third kappa shape index (κ3) is 4.75. The summed E-state index contributed by atoms with van der Waals surface area (Å²) in [6.07, 6.45) is 6.39. The van der Waals surface area contributed by atoms with Crippen LogP contribution in [0.25, 0.3) is 0 Å². The minimum atomic E-state index is 0.0232. The lowest BCUT2D eigenvalue weighted by Gasteiger charge is -2.20. The van der Waals surface area contributed by atoms with Crippen LogP contribution in [0.15, 0.2) is 30.9 Å². The highest BCUT2D eigenvalue weighted by Gasteiger charge is 2.10. The quantitative estimate of drug-likeness (QED) is 0.937. The fourth-order valence-electron chi connectivity index (χ4n) is 1.45. The molecule has 106 valence electrons. The van der Waals surface area contributed by atoms with Gasteiger partial charge in [-0.15, -0.1) is 0 Å². The van der Waals surface area contributed by atoms with Crippen LogP contribution in [-0.4, -0.2) is 20.5 Å². The summed E-state index contributed by atoms with van der Waals surface area (Å²) < 4.78 is 5.58. The van der Waals surface area contributed by atoms with Gasteiger partial charge in [-0.05, 0) is 20.8 Å². The van der Waals surface area contributed by atoms with E-state index in [2.05, 4.69) is 41.0 Å². The molecule has 5 nitrogen and oxygen atoms in total. The van der Waals surface area contributed by atoms with E-state index in [1.54, 1.807) is 30.9 Å². The van der Waals surface area contributed by atoms with Crippen molar-refractivity contribution >= 4 is 11.6 Å². The monoisotopic (exact) mass is 292 g/mol. The van der Waals surface area contributed by atoms with Crippen molar-refractivity contribution in [3.8, 4) is 11.6 Å². The Kier molecular flexibility index (Phi) is 4.52. The van der Waals surface area contributed by atoms with Gasteiger partial charge in [-0.2, -0.15) is 0 Å². The molecule has 0 bridgehead atoms. The Balaban J connectivity index is 2.06. The summed E-state index contributed by atoms with van der Waals surface area (Å²) in [5.41, 5.74) is 0.836. The summed E-state index contributed by atoms with van der Waals surface area (Å²) in [5.74, 6) is 0.954. The maximum Gasteiger partial charge on any atom is 0.238 e. The van der Waals surface area contributed by atoms with Crippen molar-refractivity contribution in [3.63, 3.8) is 0 Å². The molecule has 0 fully saturated rings. The second-order valence-electron chi connectivity index (χ2n) is 5.39. The van der Waals surface area contributed by atoms with Gasteiger partial charge in [0.1, 0.15) is 5.75 Å². The molecule has 0 amide bonds. The standard InChI is InChI=1S/C14H17ClN4O/c1-14(2,3)18-7-11-6-17-9-13(19-11)20-12-4-10(15)5-16-8-12/h4-6,8-9,18H,7H2,1-3H3. The fourth-order valence-corrected chi connectivity index (χ4v) is 1.61. The molecule has 0 saturated carbocycles.